The van der Waals surface area contributed by atoms with E-state index in [1.165, 1.54) is 12.2 Å². The van der Waals surface area contributed by atoms with Crippen LogP contribution in [0.2, 0.25) is 0 Å². The molecule has 228 valence electrons. The Morgan fingerprint density at radius 3 is 1.23 bits per heavy atom. The van der Waals surface area contributed by atoms with Crippen molar-refractivity contribution in [3.63, 3.8) is 0 Å². The highest BCUT2D eigenvalue weighted by molar-refractivity contribution is 8.19. The van der Waals surface area contributed by atoms with Crippen molar-refractivity contribution >= 4 is 82.5 Å². The highest BCUT2D eigenvalue weighted by Gasteiger charge is 2.25. The Labute approximate surface area is 263 Å². The fourth-order valence-corrected chi connectivity index (χ4v) is 12.0. The van der Waals surface area contributed by atoms with Crippen molar-refractivity contribution in [2.75, 3.05) is 86.0 Å². The summed E-state index contributed by atoms with van der Waals surface area (Å²) in [6, 6.07) is 0. The molecule has 0 amide bonds. The van der Waals surface area contributed by atoms with Crippen LogP contribution in [0.4, 0.5) is 0 Å². The Morgan fingerprint density at radius 2 is 0.950 bits per heavy atom. The summed E-state index contributed by atoms with van der Waals surface area (Å²) >= 11 is 11.4. The summed E-state index contributed by atoms with van der Waals surface area (Å²) in [5.74, 6) is 3.15. The lowest BCUT2D eigenvalue weighted by atomic mass is 10.4. The van der Waals surface area contributed by atoms with Crippen molar-refractivity contribution < 1.29 is 38.0 Å². The molecule has 0 saturated carbocycles. The van der Waals surface area contributed by atoms with E-state index in [0.29, 0.717) is 73.9 Å². The van der Waals surface area contributed by atoms with Crippen LogP contribution in [-0.4, -0.2) is 131 Å². The van der Waals surface area contributed by atoms with Crippen molar-refractivity contribution in [2.24, 2.45) is 0 Å². The van der Waals surface area contributed by atoms with Gasteiger partial charge in [0.2, 0.25) is 0 Å². The average Bonchev–Trinajstić information content (AvgIpc) is 3.68. The van der Waals surface area contributed by atoms with Crippen LogP contribution in [0, 0.1) is 0 Å². The van der Waals surface area contributed by atoms with Crippen molar-refractivity contribution in [3.05, 3.63) is 25.3 Å². The largest absolute Gasteiger partial charge is 0.454 e. The van der Waals surface area contributed by atoms with E-state index in [2.05, 4.69) is 13.2 Å². The number of carbonyl (C=O) groups excluding carboxylic acids is 2. The molecule has 0 N–H and O–H groups in total. The summed E-state index contributed by atoms with van der Waals surface area (Å²) in [5.41, 5.74) is 0. The fraction of sp³-hybridized carbons (Fsp3) is 0.769. The first-order valence-corrected chi connectivity index (χ1v) is 19.6. The van der Waals surface area contributed by atoms with Gasteiger partial charge in [-0.05, 0) is 0 Å². The van der Waals surface area contributed by atoms with Gasteiger partial charge >= 0.3 is 11.9 Å². The summed E-state index contributed by atoms with van der Waals surface area (Å²) in [6.45, 7) is 10.7. The third-order valence-electron chi connectivity index (χ3n) is 5.75. The minimum absolute atomic E-state index is 0.297. The zero-order chi connectivity index (χ0) is 28.4. The molecule has 3 aliphatic heterocycles. The zero-order valence-corrected chi connectivity index (χ0v) is 27.5. The monoisotopic (exact) mass is 672 g/mol. The molecule has 40 heavy (non-hydrogen) atoms. The maximum atomic E-state index is 11.7. The van der Waals surface area contributed by atoms with Crippen LogP contribution in [0.25, 0.3) is 0 Å². The molecule has 6 atom stereocenters. The van der Waals surface area contributed by atoms with Crippen LogP contribution in [-0.2, 0) is 38.0 Å². The number of hydrogen-bond acceptors (Lipinski definition) is 14. The van der Waals surface area contributed by atoms with E-state index in [4.69, 9.17) is 28.4 Å². The van der Waals surface area contributed by atoms with Gasteiger partial charge in [0, 0.05) is 66.3 Å². The first kappa shape index (κ1) is 34.8. The molecule has 14 heteroatoms. The Bertz CT molecular complexity index is 695. The van der Waals surface area contributed by atoms with Gasteiger partial charge in [0.05, 0.1) is 52.9 Å². The second-order valence-corrected chi connectivity index (χ2v) is 17.2. The first-order chi connectivity index (χ1) is 19.6. The molecule has 3 heterocycles. The highest BCUT2D eigenvalue weighted by Crippen LogP contribution is 2.31. The number of thioether (sulfide) groups is 6. The van der Waals surface area contributed by atoms with Crippen molar-refractivity contribution in [1.29, 1.82) is 0 Å². The summed E-state index contributed by atoms with van der Waals surface area (Å²) in [6.07, 6.45) is 1.43. The third kappa shape index (κ3) is 14.7. The van der Waals surface area contributed by atoms with E-state index >= 15 is 0 Å². The summed E-state index contributed by atoms with van der Waals surface area (Å²) in [7, 11) is 0. The maximum absolute atomic E-state index is 11.7. The SMILES string of the molecule is C=CC(=O)OC(COCC1CSCS1)COCC1CSC(COCC(COCC2CSCS2)OC(=O)C=C)CS1. The van der Waals surface area contributed by atoms with Crippen LogP contribution >= 0.6 is 70.6 Å². The van der Waals surface area contributed by atoms with Gasteiger partial charge in [0.1, 0.15) is 12.2 Å². The number of ether oxygens (including phenoxy) is 6. The second kappa shape index (κ2) is 21.1. The van der Waals surface area contributed by atoms with E-state index in [1.54, 1.807) is 0 Å². The lowest BCUT2D eigenvalue weighted by molar-refractivity contribution is -0.150. The molecule has 3 rings (SSSR count). The number of esters is 2. The third-order valence-corrected chi connectivity index (χ3v) is 14.6. The molecule has 0 aliphatic carbocycles. The molecule has 0 aromatic heterocycles. The van der Waals surface area contributed by atoms with E-state index in [-0.39, 0.29) is 0 Å². The molecule has 3 fully saturated rings. The van der Waals surface area contributed by atoms with E-state index in [9.17, 15) is 9.59 Å². The van der Waals surface area contributed by atoms with Crippen molar-refractivity contribution in [2.45, 2.75) is 33.2 Å². The van der Waals surface area contributed by atoms with Gasteiger partial charge in [-0.25, -0.2) is 9.59 Å². The van der Waals surface area contributed by atoms with Gasteiger partial charge in [0.15, 0.2) is 0 Å². The lowest BCUT2D eigenvalue weighted by Crippen LogP contribution is -2.33. The molecular weight excluding hydrogens is 633 g/mol. The summed E-state index contributed by atoms with van der Waals surface area (Å²) in [4.78, 5) is 23.5. The Kier molecular flexibility index (Phi) is 18.4. The molecule has 3 saturated heterocycles. The number of carbonyl (C=O) groups is 2. The predicted molar refractivity (Wildman–Crippen MR) is 173 cm³/mol. The Hall–Kier alpha value is 0.360. The van der Waals surface area contributed by atoms with Crippen LogP contribution < -0.4 is 0 Å². The number of rotatable bonds is 20. The number of hydrogen-bond donors (Lipinski definition) is 0. The highest BCUT2D eigenvalue weighted by atomic mass is 32.2. The molecule has 0 bridgehead atoms. The van der Waals surface area contributed by atoms with Crippen LogP contribution in [0.1, 0.15) is 0 Å². The van der Waals surface area contributed by atoms with Crippen LogP contribution in [0.5, 0.6) is 0 Å². The van der Waals surface area contributed by atoms with Gasteiger partial charge in [0.25, 0.3) is 0 Å². The van der Waals surface area contributed by atoms with E-state index in [1.807, 2.05) is 70.6 Å². The molecule has 0 spiro atoms. The quantitative estimate of drug-likeness (QED) is 0.138. The normalized spacial score (nSPS) is 26.2. The molecule has 0 aromatic carbocycles. The molecule has 0 aromatic rings. The lowest BCUT2D eigenvalue weighted by Gasteiger charge is -2.28. The fourth-order valence-electron chi connectivity index (χ4n) is 3.69. The van der Waals surface area contributed by atoms with Crippen molar-refractivity contribution in [1.82, 2.24) is 0 Å². The van der Waals surface area contributed by atoms with Crippen molar-refractivity contribution in [3.8, 4) is 0 Å². The average molecular weight is 673 g/mol. The predicted octanol–water partition coefficient (Wildman–Crippen LogP) is 4.08. The van der Waals surface area contributed by atoms with Gasteiger partial charge < -0.3 is 28.4 Å². The maximum Gasteiger partial charge on any atom is 0.330 e. The minimum Gasteiger partial charge on any atom is -0.454 e. The van der Waals surface area contributed by atoms with Gasteiger partial charge in [-0.15, -0.1) is 47.0 Å². The summed E-state index contributed by atoms with van der Waals surface area (Å²) < 4.78 is 34.3. The van der Waals surface area contributed by atoms with E-state index in [0.717, 1.165) is 33.2 Å². The standard InChI is InChI=1S/C26H40O8S6/c1-3-25(27)33-19(5-29-9-21-13-35-17-39-21)7-31-11-23-15-38-24(16-37-23)12-32-8-20(34-26(28)4-2)6-30-10-22-14-36-18-40-22/h3-4,19-24H,1-2,5-18H2. The topological polar surface area (TPSA) is 89.5 Å². The molecule has 8 nitrogen and oxygen atoms in total. The zero-order valence-electron chi connectivity index (χ0n) is 22.6. The molecule has 3 aliphatic rings. The molecule has 0 radical (unpaired) electrons. The van der Waals surface area contributed by atoms with Gasteiger partial charge in [-0.2, -0.15) is 23.5 Å². The smallest absolute Gasteiger partial charge is 0.330 e. The minimum atomic E-state index is -0.464. The molecular formula is C26H40O8S6. The van der Waals surface area contributed by atoms with Crippen LogP contribution in [0.15, 0.2) is 25.3 Å². The molecule has 6 unspecified atom stereocenters. The Balaban J connectivity index is 1.27. The van der Waals surface area contributed by atoms with Gasteiger partial charge in [-0.3, -0.25) is 0 Å². The van der Waals surface area contributed by atoms with Crippen LogP contribution in [0.3, 0.4) is 0 Å². The first-order valence-electron chi connectivity index (χ1n) is 13.1. The second-order valence-electron chi connectivity index (χ2n) is 9.14. The van der Waals surface area contributed by atoms with Gasteiger partial charge in [-0.1, -0.05) is 13.2 Å². The van der Waals surface area contributed by atoms with E-state index < -0.39 is 24.1 Å². The Morgan fingerprint density at radius 1 is 0.600 bits per heavy atom. The summed E-state index contributed by atoms with van der Waals surface area (Å²) in [5, 5.41) is 3.91.